The van der Waals surface area contributed by atoms with Gasteiger partial charge in [-0.25, -0.2) is 4.98 Å². The van der Waals surface area contributed by atoms with Crippen LogP contribution < -0.4 is 15.4 Å². The Morgan fingerprint density at radius 2 is 1.91 bits per heavy atom. The van der Waals surface area contributed by atoms with E-state index in [1.54, 1.807) is 13.2 Å². The van der Waals surface area contributed by atoms with Crippen molar-refractivity contribution >= 4 is 29.9 Å². The monoisotopic (exact) mass is 548 g/mol. The average molecular weight is 548 g/mol. The Bertz CT molecular complexity index is 1020. The number of hydrogen-bond acceptors (Lipinski definition) is 4. The van der Waals surface area contributed by atoms with Crippen LogP contribution in [0.1, 0.15) is 35.0 Å². The van der Waals surface area contributed by atoms with Gasteiger partial charge in [-0.05, 0) is 49.9 Å². The quantitative estimate of drug-likeness (QED) is 0.254. The molecular weight excluding hydrogens is 515 g/mol. The number of aromatic nitrogens is 3. The van der Waals surface area contributed by atoms with Crippen molar-refractivity contribution in [2.45, 2.75) is 46.4 Å². The van der Waals surface area contributed by atoms with Crippen LogP contribution in [0.3, 0.4) is 0 Å². The summed E-state index contributed by atoms with van der Waals surface area (Å²) in [6, 6.07) is 14.2. The van der Waals surface area contributed by atoms with Gasteiger partial charge in [-0.3, -0.25) is 9.67 Å². The first-order valence-electron chi connectivity index (χ1n) is 10.5. The largest absolute Gasteiger partial charge is 0.473 e. The summed E-state index contributed by atoms with van der Waals surface area (Å²) in [7, 11) is 3.76. The van der Waals surface area contributed by atoms with E-state index in [0.717, 1.165) is 29.2 Å². The molecule has 0 radical (unpaired) electrons. The maximum absolute atomic E-state index is 5.83. The predicted molar refractivity (Wildman–Crippen MR) is 140 cm³/mol. The van der Waals surface area contributed by atoms with E-state index in [9.17, 15) is 0 Å². The fourth-order valence-corrected chi connectivity index (χ4v) is 3.45. The minimum Gasteiger partial charge on any atom is -0.473 e. The van der Waals surface area contributed by atoms with Gasteiger partial charge in [0.1, 0.15) is 6.61 Å². The molecule has 7 nitrogen and oxygen atoms in total. The van der Waals surface area contributed by atoms with Crippen molar-refractivity contribution in [2.24, 2.45) is 12.0 Å². The lowest BCUT2D eigenvalue weighted by molar-refractivity contribution is 0.293. The number of rotatable bonds is 8. The molecule has 0 amide bonds. The van der Waals surface area contributed by atoms with Crippen molar-refractivity contribution in [3.05, 3.63) is 76.7 Å². The molecule has 1 unspecified atom stereocenters. The van der Waals surface area contributed by atoms with Gasteiger partial charge in [0.25, 0.3) is 0 Å². The third-order valence-corrected chi connectivity index (χ3v) is 5.26. The molecule has 2 N–H and O–H groups in total. The van der Waals surface area contributed by atoms with Crippen molar-refractivity contribution in [3.63, 3.8) is 0 Å². The lowest BCUT2D eigenvalue weighted by atomic mass is 10.1. The van der Waals surface area contributed by atoms with Crippen LogP contribution >= 0.6 is 24.0 Å². The van der Waals surface area contributed by atoms with Gasteiger partial charge < -0.3 is 15.4 Å². The normalized spacial score (nSPS) is 12.1. The minimum absolute atomic E-state index is 0. The van der Waals surface area contributed by atoms with Gasteiger partial charge in [0, 0.05) is 44.6 Å². The molecule has 8 heteroatoms. The molecule has 32 heavy (non-hydrogen) atoms. The van der Waals surface area contributed by atoms with E-state index in [0.29, 0.717) is 19.0 Å². The number of hydrogen-bond donors (Lipinski definition) is 2. The first-order valence-corrected chi connectivity index (χ1v) is 10.5. The second-order valence-electron chi connectivity index (χ2n) is 7.72. The highest BCUT2D eigenvalue weighted by atomic mass is 127. The fourth-order valence-electron chi connectivity index (χ4n) is 3.45. The van der Waals surface area contributed by atoms with E-state index in [2.05, 4.69) is 46.5 Å². The van der Waals surface area contributed by atoms with Gasteiger partial charge in [0.15, 0.2) is 5.96 Å². The van der Waals surface area contributed by atoms with Crippen LogP contribution in [0, 0.1) is 13.8 Å². The fraction of sp³-hybridized carbons (Fsp3) is 0.375. The summed E-state index contributed by atoms with van der Waals surface area (Å²) in [6.45, 7) is 7.44. The van der Waals surface area contributed by atoms with Crippen LogP contribution in [-0.2, 0) is 26.6 Å². The molecule has 0 aliphatic carbocycles. The number of benzene rings is 1. The molecule has 3 rings (SSSR count). The molecular formula is C24H33IN6O. The Kier molecular flexibility index (Phi) is 9.96. The van der Waals surface area contributed by atoms with E-state index in [4.69, 9.17) is 4.74 Å². The van der Waals surface area contributed by atoms with Crippen LogP contribution in [0.25, 0.3) is 0 Å². The average Bonchev–Trinajstić information content (AvgIpc) is 3.02. The number of ether oxygens (including phenoxy) is 1. The van der Waals surface area contributed by atoms with Gasteiger partial charge >= 0.3 is 0 Å². The first kappa shape index (κ1) is 25.6. The lowest BCUT2D eigenvalue weighted by Crippen LogP contribution is -2.42. The number of nitrogens with zero attached hydrogens (tertiary/aromatic N) is 4. The molecule has 1 aromatic carbocycles. The zero-order valence-corrected chi connectivity index (χ0v) is 21.8. The lowest BCUT2D eigenvalue weighted by Gasteiger charge is -2.18. The van der Waals surface area contributed by atoms with E-state index >= 15 is 0 Å². The van der Waals surface area contributed by atoms with Crippen molar-refractivity contribution < 1.29 is 4.74 Å². The summed E-state index contributed by atoms with van der Waals surface area (Å²) in [5.74, 6) is 1.37. The van der Waals surface area contributed by atoms with Gasteiger partial charge in [0.2, 0.25) is 5.88 Å². The summed E-state index contributed by atoms with van der Waals surface area (Å²) >= 11 is 0. The van der Waals surface area contributed by atoms with Crippen molar-refractivity contribution in [1.82, 2.24) is 25.4 Å². The zero-order chi connectivity index (χ0) is 22.2. The molecule has 2 heterocycles. The van der Waals surface area contributed by atoms with E-state index < -0.39 is 0 Å². The number of halogens is 1. The number of pyridine rings is 1. The molecule has 0 saturated carbocycles. The maximum atomic E-state index is 5.83. The number of guanidine groups is 1. The van der Waals surface area contributed by atoms with Gasteiger partial charge in [-0.15, -0.1) is 24.0 Å². The molecule has 0 bridgehead atoms. The van der Waals surface area contributed by atoms with E-state index in [1.165, 1.54) is 11.3 Å². The Labute approximate surface area is 207 Å². The first-order chi connectivity index (χ1) is 15.0. The Morgan fingerprint density at radius 1 is 1.16 bits per heavy atom. The maximum Gasteiger partial charge on any atom is 0.213 e. The smallest absolute Gasteiger partial charge is 0.213 e. The minimum atomic E-state index is 0. The Balaban J connectivity index is 0.00000363. The highest BCUT2D eigenvalue weighted by Gasteiger charge is 2.14. The standard InChI is InChI=1S/C24H32N6O.HI/c1-17(13-22-18(2)29-30(5)19(22)3)28-24(25-4)27-15-21-11-12-26-23(14-21)31-16-20-9-7-6-8-10-20;/h6-12,14,17H,13,15-16H2,1-5H3,(H2,25,27,28);1H. The highest BCUT2D eigenvalue weighted by Crippen LogP contribution is 2.14. The molecule has 0 saturated heterocycles. The van der Waals surface area contributed by atoms with Crippen molar-refractivity contribution in [3.8, 4) is 5.88 Å². The number of aliphatic imine (C=N–C) groups is 1. The molecule has 0 aliphatic rings. The van der Waals surface area contributed by atoms with Crippen LogP contribution in [-0.4, -0.2) is 33.8 Å². The number of aryl methyl sites for hydroxylation is 2. The highest BCUT2D eigenvalue weighted by molar-refractivity contribution is 14.0. The Morgan fingerprint density at radius 3 is 2.56 bits per heavy atom. The van der Waals surface area contributed by atoms with Crippen molar-refractivity contribution in [2.75, 3.05) is 7.05 Å². The summed E-state index contributed by atoms with van der Waals surface area (Å²) < 4.78 is 7.76. The summed E-state index contributed by atoms with van der Waals surface area (Å²) in [6.07, 6.45) is 2.66. The van der Waals surface area contributed by atoms with Crippen LogP contribution in [0.2, 0.25) is 0 Å². The SMILES string of the molecule is CN=C(NCc1ccnc(OCc2ccccc2)c1)NC(C)Cc1c(C)nn(C)c1C.I. The van der Waals surface area contributed by atoms with Crippen LogP contribution in [0.5, 0.6) is 5.88 Å². The third-order valence-electron chi connectivity index (χ3n) is 5.26. The summed E-state index contributed by atoms with van der Waals surface area (Å²) in [5.41, 5.74) is 5.76. The van der Waals surface area contributed by atoms with Crippen molar-refractivity contribution in [1.29, 1.82) is 0 Å². The molecule has 0 aliphatic heterocycles. The molecule has 172 valence electrons. The second-order valence-corrected chi connectivity index (χ2v) is 7.72. The van der Waals surface area contributed by atoms with Gasteiger partial charge in [-0.1, -0.05) is 30.3 Å². The zero-order valence-electron chi connectivity index (χ0n) is 19.4. The third kappa shape index (κ3) is 7.22. The predicted octanol–water partition coefficient (Wildman–Crippen LogP) is 3.93. The molecule has 0 fully saturated rings. The van der Waals surface area contributed by atoms with E-state index in [1.807, 2.05) is 54.2 Å². The molecule has 2 aromatic heterocycles. The van der Waals surface area contributed by atoms with Gasteiger partial charge in [0.05, 0.1) is 5.69 Å². The van der Waals surface area contributed by atoms with Crippen LogP contribution in [0.4, 0.5) is 0 Å². The van der Waals surface area contributed by atoms with Crippen LogP contribution in [0.15, 0.2) is 53.7 Å². The number of nitrogens with one attached hydrogen (secondary N) is 2. The van der Waals surface area contributed by atoms with Gasteiger partial charge in [-0.2, -0.15) is 5.10 Å². The summed E-state index contributed by atoms with van der Waals surface area (Å²) in [4.78, 5) is 8.67. The molecule has 0 spiro atoms. The molecule has 3 aromatic rings. The second kappa shape index (κ2) is 12.4. The van der Waals surface area contributed by atoms with E-state index in [-0.39, 0.29) is 30.0 Å². The Hall–Kier alpha value is -2.62. The summed E-state index contributed by atoms with van der Waals surface area (Å²) in [5, 5.41) is 11.3. The molecule has 1 atom stereocenters. The topological polar surface area (TPSA) is 76.4 Å².